The molecule has 0 bridgehead atoms. The molecular weight excluding hydrogens is 240 g/mol. The Morgan fingerprint density at radius 2 is 1.84 bits per heavy atom. The van der Waals surface area contributed by atoms with Crippen molar-refractivity contribution in [1.82, 2.24) is 9.47 Å². The third-order valence-electron chi connectivity index (χ3n) is 2.90. The fraction of sp³-hybridized carbons (Fsp3) is 0.267. The van der Waals surface area contributed by atoms with Crippen molar-refractivity contribution in [3.63, 3.8) is 0 Å². The minimum atomic E-state index is -0.520. The number of nitrogens with zero attached hydrogens (tertiary/aromatic N) is 2. The summed E-state index contributed by atoms with van der Waals surface area (Å²) in [4.78, 5) is 13.6. The van der Waals surface area contributed by atoms with Crippen LogP contribution >= 0.6 is 0 Å². The Kier molecular flexibility index (Phi) is 4.02. The predicted molar refractivity (Wildman–Crippen MR) is 74.4 cm³/mol. The van der Waals surface area contributed by atoms with Crippen LogP contribution in [0.15, 0.2) is 48.8 Å². The molecule has 0 aliphatic rings. The van der Waals surface area contributed by atoms with E-state index in [1.807, 2.05) is 41.2 Å². The molecule has 1 N–H and O–H groups in total. The Labute approximate surface area is 112 Å². The van der Waals surface area contributed by atoms with Crippen molar-refractivity contribution in [1.29, 1.82) is 0 Å². The fourth-order valence-electron chi connectivity index (χ4n) is 1.98. The molecule has 0 aliphatic heterocycles. The lowest BCUT2D eigenvalue weighted by atomic mass is 10.1. The van der Waals surface area contributed by atoms with Crippen LogP contribution in [0.3, 0.4) is 0 Å². The molecule has 1 aromatic heterocycles. The van der Waals surface area contributed by atoms with Crippen LogP contribution in [0, 0.1) is 0 Å². The van der Waals surface area contributed by atoms with E-state index in [9.17, 15) is 9.90 Å². The molecule has 100 valence electrons. The fourth-order valence-corrected chi connectivity index (χ4v) is 1.98. The third kappa shape index (κ3) is 3.23. The highest BCUT2D eigenvalue weighted by Crippen LogP contribution is 2.11. The molecule has 2 rings (SSSR count). The van der Waals surface area contributed by atoms with Gasteiger partial charge in [0, 0.05) is 37.2 Å². The molecule has 0 saturated carbocycles. The lowest BCUT2D eigenvalue weighted by Gasteiger charge is -2.18. The molecule has 1 atom stereocenters. The molecule has 0 fully saturated rings. The smallest absolute Gasteiger partial charge is 0.253 e. The molecule has 0 radical (unpaired) electrons. The van der Waals surface area contributed by atoms with Gasteiger partial charge in [-0.15, -0.1) is 0 Å². The Balaban J connectivity index is 2.12. The van der Waals surface area contributed by atoms with Gasteiger partial charge in [-0.05, 0) is 43.3 Å². The van der Waals surface area contributed by atoms with Crippen LogP contribution in [0.4, 0.5) is 0 Å². The van der Waals surface area contributed by atoms with Gasteiger partial charge in [-0.3, -0.25) is 4.79 Å². The molecule has 0 saturated heterocycles. The van der Waals surface area contributed by atoms with Crippen LogP contribution < -0.4 is 0 Å². The van der Waals surface area contributed by atoms with Gasteiger partial charge in [0.15, 0.2) is 0 Å². The van der Waals surface area contributed by atoms with Gasteiger partial charge >= 0.3 is 0 Å². The van der Waals surface area contributed by atoms with Crippen molar-refractivity contribution >= 4 is 5.91 Å². The summed E-state index contributed by atoms with van der Waals surface area (Å²) in [6, 6.07) is 11.3. The molecule has 0 spiro atoms. The van der Waals surface area contributed by atoms with Crippen LogP contribution in [-0.4, -0.2) is 40.2 Å². The Morgan fingerprint density at radius 3 is 2.37 bits per heavy atom. The van der Waals surface area contributed by atoms with Crippen LogP contribution in [0.1, 0.15) is 17.3 Å². The number of aliphatic hydroxyl groups excluding tert-OH is 1. The average molecular weight is 258 g/mol. The van der Waals surface area contributed by atoms with Crippen molar-refractivity contribution in [2.24, 2.45) is 0 Å². The zero-order valence-electron chi connectivity index (χ0n) is 11.2. The van der Waals surface area contributed by atoms with Gasteiger partial charge in [0.1, 0.15) is 0 Å². The van der Waals surface area contributed by atoms with E-state index in [1.54, 1.807) is 26.1 Å². The molecule has 4 nitrogen and oxygen atoms in total. The van der Waals surface area contributed by atoms with Gasteiger partial charge in [0.2, 0.25) is 0 Å². The maximum atomic E-state index is 12.1. The summed E-state index contributed by atoms with van der Waals surface area (Å²) < 4.78 is 1.98. The number of benzene rings is 1. The van der Waals surface area contributed by atoms with E-state index >= 15 is 0 Å². The monoisotopic (exact) mass is 258 g/mol. The molecule has 1 aromatic carbocycles. The molecule has 4 heteroatoms. The van der Waals surface area contributed by atoms with Gasteiger partial charge in [-0.25, -0.2) is 0 Å². The number of carbonyl (C=O) groups is 1. The van der Waals surface area contributed by atoms with Crippen LogP contribution in [0.5, 0.6) is 0 Å². The first-order chi connectivity index (χ1) is 9.08. The van der Waals surface area contributed by atoms with E-state index in [-0.39, 0.29) is 5.91 Å². The number of hydrogen-bond donors (Lipinski definition) is 1. The van der Waals surface area contributed by atoms with Crippen molar-refractivity contribution in [3.8, 4) is 5.69 Å². The van der Waals surface area contributed by atoms with Gasteiger partial charge in [-0.2, -0.15) is 0 Å². The summed E-state index contributed by atoms with van der Waals surface area (Å²) in [6.07, 6.45) is 3.39. The van der Waals surface area contributed by atoms with Crippen molar-refractivity contribution in [2.45, 2.75) is 13.0 Å². The second-order valence-electron chi connectivity index (χ2n) is 4.67. The molecule has 1 unspecified atom stereocenters. The van der Waals surface area contributed by atoms with E-state index < -0.39 is 6.10 Å². The Hall–Kier alpha value is -2.07. The minimum absolute atomic E-state index is 0.0834. The lowest BCUT2D eigenvalue weighted by Crippen LogP contribution is -2.33. The Morgan fingerprint density at radius 1 is 1.26 bits per heavy atom. The SMILES string of the molecule is CC(O)CN(C)C(=O)c1ccc(-n2cccc2)cc1. The first-order valence-corrected chi connectivity index (χ1v) is 6.25. The summed E-state index contributed by atoms with van der Waals surface area (Å²) in [5.74, 6) is -0.0834. The summed E-state index contributed by atoms with van der Waals surface area (Å²) >= 11 is 0. The Bertz CT molecular complexity index is 530. The number of aromatic nitrogens is 1. The molecule has 19 heavy (non-hydrogen) atoms. The topological polar surface area (TPSA) is 45.5 Å². The first kappa shape index (κ1) is 13.4. The van der Waals surface area contributed by atoms with E-state index in [2.05, 4.69) is 0 Å². The maximum Gasteiger partial charge on any atom is 0.253 e. The average Bonchev–Trinajstić information content (AvgIpc) is 2.91. The second-order valence-corrected chi connectivity index (χ2v) is 4.67. The molecule has 2 aromatic rings. The predicted octanol–water partition coefficient (Wildman–Crippen LogP) is 1.93. The summed E-state index contributed by atoms with van der Waals surface area (Å²) in [5.41, 5.74) is 1.64. The lowest BCUT2D eigenvalue weighted by molar-refractivity contribution is 0.0703. The van der Waals surface area contributed by atoms with Crippen LogP contribution in [0.25, 0.3) is 5.69 Å². The van der Waals surface area contributed by atoms with Crippen molar-refractivity contribution in [3.05, 3.63) is 54.4 Å². The first-order valence-electron chi connectivity index (χ1n) is 6.25. The second kappa shape index (κ2) is 5.71. The number of rotatable bonds is 4. The van der Waals surface area contributed by atoms with Crippen molar-refractivity contribution < 1.29 is 9.90 Å². The van der Waals surface area contributed by atoms with Gasteiger partial charge < -0.3 is 14.6 Å². The number of likely N-dealkylation sites (N-methyl/N-ethyl adjacent to an activating group) is 1. The molecular formula is C15H18N2O2. The maximum absolute atomic E-state index is 12.1. The van der Waals surface area contributed by atoms with E-state index in [1.165, 1.54) is 4.90 Å². The zero-order chi connectivity index (χ0) is 13.8. The highest BCUT2D eigenvalue weighted by molar-refractivity contribution is 5.94. The van der Waals surface area contributed by atoms with Gasteiger partial charge in [0.25, 0.3) is 5.91 Å². The number of aliphatic hydroxyl groups is 1. The standard InChI is InChI=1S/C15H18N2O2/c1-12(18)11-16(2)15(19)13-5-7-14(8-6-13)17-9-3-4-10-17/h3-10,12,18H,11H2,1-2H3. The summed E-state index contributed by atoms with van der Waals surface area (Å²) in [6.45, 7) is 2.00. The number of carbonyl (C=O) groups excluding carboxylic acids is 1. The third-order valence-corrected chi connectivity index (χ3v) is 2.90. The van der Waals surface area contributed by atoms with Gasteiger partial charge in [-0.1, -0.05) is 0 Å². The van der Waals surface area contributed by atoms with Gasteiger partial charge in [0.05, 0.1) is 6.10 Å². The van der Waals surface area contributed by atoms with Crippen LogP contribution in [-0.2, 0) is 0 Å². The van der Waals surface area contributed by atoms with E-state index in [0.717, 1.165) is 5.69 Å². The van der Waals surface area contributed by atoms with E-state index in [4.69, 9.17) is 0 Å². The molecule has 1 amide bonds. The number of amides is 1. The van der Waals surface area contributed by atoms with E-state index in [0.29, 0.717) is 12.1 Å². The highest BCUT2D eigenvalue weighted by atomic mass is 16.3. The summed E-state index contributed by atoms with van der Waals surface area (Å²) in [5, 5.41) is 9.29. The molecule has 0 aliphatic carbocycles. The van der Waals surface area contributed by atoms with Crippen molar-refractivity contribution in [2.75, 3.05) is 13.6 Å². The largest absolute Gasteiger partial charge is 0.392 e. The normalized spacial score (nSPS) is 12.2. The highest BCUT2D eigenvalue weighted by Gasteiger charge is 2.13. The minimum Gasteiger partial charge on any atom is -0.392 e. The number of hydrogen-bond acceptors (Lipinski definition) is 2. The zero-order valence-corrected chi connectivity index (χ0v) is 11.2. The van der Waals surface area contributed by atoms with Crippen LogP contribution in [0.2, 0.25) is 0 Å². The summed E-state index contributed by atoms with van der Waals surface area (Å²) in [7, 11) is 1.69. The molecule has 1 heterocycles. The quantitative estimate of drug-likeness (QED) is 0.910.